The average Bonchev–Trinajstić information content (AvgIpc) is 3.08. The highest BCUT2D eigenvalue weighted by Gasteiger charge is 2.21. The fourth-order valence-corrected chi connectivity index (χ4v) is 3.54. The van der Waals surface area contributed by atoms with E-state index in [1.807, 2.05) is 53.1 Å². The molecule has 0 spiro atoms. The molecule has 0 aliphatic heterocycles. The van der Waals surface area contributed by atoms with E-state index < -0.39 is 11.7 Å². The van der Waals surface area contributed by atoms with Gasteiger partial charge in [0.25, 0.3) is 11.7 Å². The van der Waals surface area contributed by atoms with Crippen molar-refractivity contribution in [1.82, 2.24) is 4.57 Å². The molecule has 0 saturated carbocycles. The summed E-state index contributed by atoms with van der Waals surface area (Å²) in [5.74, 6) is -1.31. The predicted octanol–water partition coefficient (Wildman–Crippen LogP) is 5.82. The summed E-state index contributed by atoms with van der Waals surface area (Å²) < 4.78 is 1.96. The molecule has 0 aliphatic carbocycles. The van der Waals surface area contributed by atoms with Crippen molar-refractivity contribution in [2.75, 3.05) is 5.32 Å². The summed E-state index contributed by atoms with van der Waals surface area (Å²) >= 11 is 11.9. The third-order valence-electron chi connectivity index (χ3n) is 4.59. The van der Waals surface area contributed by atoms with Gasteiger partial charge in [-0.1, -0.05) is 59.6 Å². The van der Waals surface area contributed by atoms with Gasteiger partial charge >= 0.3 is 0 Å². The SMILES string of the molecule is O=C(Nc1cccc(Cl)c1)C(=O)c1cn(Cc2ccc(Cl)cc2)c2ccccc12. The van der Waals surface area contributed by atoms with Gasteiger partial charge in [0, 0.05) is 39.4 Å². The van der Waals surface area contributed by atoms with Crippen LogP contribution in [0.15, 0.2) is 79.0 Å². The molecule has 0 bridgehead atoms. The summed E-state index contributed by atoms with van der Waals surface area (Å²) in [4.78, 5) is 25.4. The maximum atomic E-state index is 12.9. The minimum Gasteiger partial charge on any atom is -0.342 e. The van der Waals surface area contributed by atoms with Crippen LogP contribution in [0, 0.1) is 0 Å². The molecule has 6 heteroatoms. The molecule has 1 heterocycles. The molecule has 0 aliphatic rings. The van der Waals surface area contributed by atoms with Crippen LogP contribution >= 0.6 is 23.2 Å². The van der Waals surface area contributed by atoms with Gasteiger partial charge < -0.3 is 9.88 Å². The van der Waals surface area contributed by atoms with Crippen LogP contribution in [0.4, 0.5) is 5.69 Å². The molecule has 3 aromatic carbocycles. The molecule has 1 N–H and O–H groups in total. The number of para-hydroxylation sites is 1. The van der Waals surface area contributed by atoms with Crippen molar-refractivity contribution in [3.8, 4) is 0 Å². The van der Waals surface area contributed by atoms with Crippen molar-refractivity contribution >= 4 is 51.5 Å². The first-order valence-electron chi connectivity index (χ1n) is 8.95. The normalized spacial score (nSPS) is 10.8. The Morgan fingerprint density at radius 2 is 1.62 bits per heavy atom. The molecule has 4 aromatic rings. The van der Waals surface area contributed by atoms with Crippen molar-refractivity contribution in [2.24, 2.45) is 0 Å². The van der Waals surface area contributed by atoms with Gasteiger partial charge in [-0.25, -0.2) is 0 Å². The number of amides is 1. The fraction of sp³-hybridized carbons (Fsp3) is 0.0435. The van der Waals surface area contributed by atoms with E-state index in [2.05, 4.69) is 5.32 Å². The number of carbonyl (C=O) groups excluding carboxylic acids is 2. The van der Waals surface area contributed by atoms with E-state index in [9.17, 15) is 9.59 Å². The quantitative estimate of drug-likeness (QED) is 0.325. The number of Topliss-reactive ketones (excluding diaryl/α,β-unsaturated/α-hetero) is 1. The third-order valence-corrected chi connectivity index (χ3v) is 5.08. The Kier molecular flexibility index (Phi) is 5.38. The molecular formula is C23H16Cl2N2O2. The number of nitrogens with zero attached hydrogens (tertiary/aromatic N) is 1. The van der Waals surface area contributed by atoms with Crippen LogP contribution in [0.5, 0.6) is 0 Å². The largest absolute Gasteiger partial charge is 0.342 e. The number of aromatic nitrogens is 1. The molecule has 0 atom stereocenters. The lowest BCUT2D eigenvalue weighted by Gasteiger charge is -2.05. The molecule has 144 valence electrons. The highest BCUT2D eigenvalue weighted by Crippen LogP contribution is 2.24. The van der Waals surface area contributed by atoms with Gasteiger partial charge in [-0.3, -0.25) is 9.59 Å². The van der Waals surface area contributed by atoms with E-state index in [4.69, 9.17) is 23.2 Å². The van der Waals surface area contributed by atoms with Crippen molar-refractivity contribution in [3.05, 3.63) is 100 Å². The molecule has 29 heavy (non-hydrogen) atoms. The van der Waals surface area contributed by atoms with E-state index in [-0.39, 0.29) is 0 Å². The van der Waals surface area contributed by atoms with Gasteiger partial charge in [-0.15, -0.1) is 0 Å². The predicted molar refractivity (Wildman–Crippen MR) is 117 cm³/mol. The van der Waals surface area contributed by atoms with Crippen LogP contribution in [0.2, 0.25) is 10.0 Å². The highest BCUT2D eigenvalue weighted by molar-refractivity contribution is 6.48. The monoisotopic (exact) mass is 422 g/mol. The number of ketones is 1. The second kappa shape index (κ2) is 8.11. The Balaban J connectivity index is 1.65. The number of anilines is 1. The fourth-order valence-electron chi connectivity index (χ4n) is 3.22. The van der Waals surface area contributed by atoms with Crippen LogP contribution in [0.25, 0.3) is 10.9 Å². The minimum absolute atomic E-state index is 0.356. The number of nitrogens with one attached hydrogen (secondary N) is 1. The summed E-state index contributed by atoms with van der Waals surface area (Å²) in [5.41, 5.74) is 2.74. The molecule has 0 saturated heterocycles. The lowest BCUT2D eigenvalue weighted by Crippen LogP contribution is -2.22. The highest BCUT2D eigenvalue weighted by atomic mass is 35.5. The summed E-state index contributed by atoms with van der Waals surface area (Å²) in [6.45, 7) is 0.556. The maximum Gasteiger partial charge on any atom is 0.296 e. The summed E-state index contributed by atoms with van der Waals surface area (Å²) in [6, 6.07) is 21.7. The molecule has 4 nitrogen and oxygen atoms in total. The van der Waals surface area contributed by atoms with Gasteiger partial charge in [-0.05, 0) is 42.0 Å². The second-order valence-electron chi connectivity index (χ2n) is 6.61. The van der Waals surface area contributed by atoms with Gasteiger partial charge in [0.2, 0.25) is 0 Å². The maximum absolute atomic E-state index is 12.9. The number of rotatable bonds is 5. The van der Waals surface area contributed by atoms with Crippen LogP contribution in [0.1, 0.15) is 15.9 Å². The Labute approximate surface area is 177 Å². The molecule has 4 rings (SSSR count). The van der Waals surface area contributed by atoms with Crippen molar-refractivity contribution < 1.29 is 9.59 Å². The van der Waals surface area contributed by atoms with Crippen LogP contribution in [-0.4, -0.2) is 16.3 Å². The van der Waals surface area contributed by atoms with E-state index in [1.165, 1.54) is 0 Å². The van der Waals surface area contributed by atoms with Crippen LogP contribution in [0.3, 0.4) is 0 Å². The number of halogens is 2. The lowest BCUT2D eigenvalue weighted by molar-refractivity contribution is -0.112. The first-order valence-corrected chi connectivity index (χ1v) is 9.70. The van der Waals surface area contributed by atoms with Crippen molar-refractivity contribution in [2.45, 2.75) is 6.54 Å². The van der Waals surface area contributed by atoms with Gasteiger partial charge in [0.1, 0.15) is 0 Å². The minimum atomic E-state index is -0.707. The zero-order valence-corrected chi connectivity index (χ0v) is 16.7. The lowest BCUT2D eigenvalue weighted by atomic mass is 10.1. The number of hydrogen-bond donors (Lipinski definition) is 1. The molecule has 0 fully saturated rings. The summed E-state index contributed by atoms with van der Waals surface area (Å²) in [6.07, 6.45) is 1.72. The Hall–Kier alpha value is -3.08. The Morgan fingerprint density at radius 3 is 2.38 bits per heavy atom. The van der Waals surface area contributed by atoms with Gasteiger partial charge in [0.15, 0.2) is 0 Å². The molecule has 0 radical (unpaired) electrons. The molecule has 1 amide bonds. The number of hydrogen-bond acceptors (Lipinski definition) is 2. The van der Waals surface area contributed by atoms with Gasteiger partial charge in [-0.2, -0.15) is 0 Å². The summed E-state index contributed by atoms with van der Waals surface area (Å²) in [5, 5.41) is 4.49. The van der Waals surface area contributed by atoms with E-state index in [0.717, 1.165) is 16.5 Å². The van der Waals surface area contributed by atoms with E-state index >= 15 is 0 Å². The first-order chi connectivity index (χ1) is 14.0. The number of fused-ring (bicyclic) bond motifs is 1. The number of carbonyl (C=O) groups is 2. The second-order valence-corrected chi connectivity index (χ2v) is 7.48. The van der Waals surface area contributed by atoms with Gasteiger partial charge in [0.05, 0.1) is 5.56 Å². The first kappa shape index (κ1) is 19.2. The van der Waals surface area contributed by atoms with Crippen LogP contribution < -0.4 is 5.32 Å². The van der Waals surface area contributed by atoms with Crippen molar-refractivity contribution in [3.63, 3.8) is 0 Å². The zero-order valence-electron chi connectivity index (χ0n) is 15.2. The number of benzene rings is 3. The van der Waals surface area contributed by atoms with E-state index in [1.54, 1.807) is 30.5 Å². The standard InChI is InChI=1S/C23H16Cl2N2O2/c24-16-10-8-15(9-11-16)13-27-14-20(19-6-1-2-7-21(19)27)22(28)23(29)26-18-5-3-4-17(25)12-18/h1-12,14H,13H2,(H,26,29). The molecule has 1 aromatic heterocycles. The Morgan fingerprint density at radius 1 is 0.862 bits per heavy atom. The molecular weight excluding hydrogens is 407 g/mol. The molecule has 0 unspecified atom stereocenters. The Bertz CT molecular complexity index is 1210. The summed E-state index contributed by atoms with van der Waals surface area (Å²) in [7, 11) is 0. The topological polar surface area (TPSA) is 51.1 Å². The van der Waals surface area contributed by atoms with Crippen LogP contribution in [-0.2, 0) is 11.3 Å². The zero-order chi connectivity index (χ0) is 20.4. The van der Waals surface area contributed by atoms with Crippen molar-refractivity contribution in [1.29, 1.82) is 0 Å². The smallest absolute Gasteiger partial charge is 0.296 e. The van der Waals surface area contributed by atoms with E-state index in [0.29, 0.717) is 27.8 Å². The average molecular weight is 423 g/mol. The third kappa shape index (κ3) is 4.19.